The zero-order chi connectivity index (χ0) is 19.5. The van der Waals surface area contributed by atoms with Gasteiger partial charge in [0.15, 0.2) is 0 Å². The Balaban J connectivity index is 2.16. The number of aryl methyl sites for hydroxylation is 2. The molecule has 0 unspecified atom stereocenters. The van der Waals surface area contributed by atoms with Gasteiger partial charge in [-0.3, -0.25) is 4.79 Å². The molecule has 0 aromatic heterocycles. The van der Waals surface area contributed by atoms with Gasteiger partial charge in [-0.05, 0) is 55.3 Å². The summed E-state index contributed by atoms with van der Waals surface area (Å²) < 4.78 is 66.1. The average molecular weight is 387 g/mol. The summed E-state index contributed by atoms with van der Waals surface area (Å²) in [6, 6.07) is 9.53. The number of benzene rings is 2. The van der Waals surface area contributed by atoms with Crippen LogP contribution >= 0.6 is 0 Å². The highest BCUT2D eigenvalue weighted by molar-refractivity contribution is 7.87. The molecule has 26 heavy (non-hydrogen) atoms. The number of amides is 1. The van der Waals surface area contributed by atoms with Crippen molar-refractivity contribution >= 4 is 16.0 Å². The first-order valence-electron chi connectivity index (χ1n) is 7.45. The monoisotopic (exact) mass is 387 g/mol. The Kier molecular flexibility index (Phi) is 5.60. The van der Waals surface area contributed by atoms with Gasteiger partial charge in [-0.15, -0.1) is 0 Å². The average Bonchev–Trinajstić information content (AvgIpc) is 2.55. The van der Waals surface area contributed by atoms with E-state index in [1.54, 1.807) is 31.3 Å². The lowest BCUT2D eigenvalue weighted by atomic mass is 10.1. The predicted octanol–water partition coefficient (Wildman–Crippen LogP) is 3.36. The molecular formula is C17H16F3NO4S. The van der Waals surface area contributed by atoms with Crippen molar-refractivity contribution in [2.45, 2.75) is 24.9 Å². The molecule has 1 amide bonds. The molecule has 0 bridgehead atoms. The van der Waals surface area contributed by atoms with Crippen LogP contribution in [-0.2, 0) is 10.1 Å². The summed E-state index contributed by atoms with van der Waals surface area (Å²) in [6.45, 7) is 2.01. The molecule has 0 aliphatic carbocycles. The van der Waals surface area contributed by atoms with Gasteiger partial charge in [-0.25, -0.2) is 0 Å². The molecule has 0 atom stereocenters. The van der Waals surface area contributed by atoms with Crippen molar-refractivity contribution in [2.75, 3.05) is 6.54 Å². The Morgan fingerprint density at radius 1 is 1.08 bits per heavy atom. The van der Waals surface area contributed by atoms with E-state index in [4.69, 9.17) is 4.18 Å². The molecule has 140 valence electrons. The summed E-state index contributed by atoms with van der Waals surface area (Å²) in [7, 11) is -4.14. The summed E-state index contributed by atoms with van der Waals surface area (Å²) in [5, 5.41) is 1.71. The number of nitrogens with one attached hydrogen (secondary N) is 1. The van der Waals surface area contributed by atoms with E-state index in [9.17, 15) is 26.4 Å². The maximum Gasteiger partial charge on any atom is 0.405 e. The maximum absolute atomic E-state index is 12.3. The van der Waals surface area contributed by atoms with Gasteiger partial charge < -0.3 is 9.50 Å². The third-order valence-corrected chi connectivity index (χ3v) is 4.65. The van der Waals surface area contributed by atoms with E-state index < -0.39 is 28.7 Å². The topological polar surface area (TPSA) is 72.5 Å². The third-order valence-electron chi connectivity index (χ3n) is 3.40. The molecular weight excluding hydrogens is 371 g/mol. The van der Waals surface area contributed by atoms with Crippen molar-refractivity contribution in [2.24, 2.45) is 0 Å². The number of alkyl halides is 3. The van der Waals surface area contributed by atoms with E-state index >= 15 is 0 Å². The third kappa shape index (κ3) is 5.22. The fourth-order valence-electron chi connectivity index (χ4n) is 2.02. The zero-order valence-electron chi connectivity index (χ0n) is 13.9. The molecule has 9 heteroatoms. The maximum atomic E-state index is 12.3. The molecule has 0 heterocycles. The highest BCUT2D eigenvalue weighted by Gasteiger charge is 2.28. The molecule has 5 nitrogen and oxygen atoms in total. The van der Waals surface area contributed by atoms with Gasteiger partial charge in [0.2, 0.25) is 0 Å². The molecule has 1 N–H and O–H groups in total. The molecule has 0 aliphatic rings. The van der Waals surface area contributed by atoms with Crippen LogP contribution in [-0.4, -0.2) is 27.0 Å². The second-order valence-corrected chi connectivity index (χ2v) is 7.17. The molecule has 2 aromatic carbocycles. The summed E-state index contributed by atoms with van der Waals surface area (Å²) in [5.41, 5.74) is 1.35. The van der Waals surface area contributed by atoms with Gasteiger partial charge in [0, 0.05) is 5.56 Å². The van der Waals surface area contributed by atoms with Crippen LogP contribution in [0.25, 0.3) is 0 Å². The first-order valence-corrected chi connectivity index (χ1v) is 8.85. The Morgan fingerprint density at radius 3 is 2.27 bits per heavy atom. The van der Waals surface area contributed by atoms with Crippen molar-refractivity contribution in [3.8, 4) is 5.75 Å². The van der Waals surface area contributed by atoms with Crippen LogP contribution in [0, 0.1) is 13.8 Å². The number of hydrogen-bond donors (Lipinski definition) is 1. The van der Waals surface area contributed by atoms with E-state index in [0.29, 0.717) is 5.56 Å². The van der Waals surface area contributed by atoms with Gasteiger partial charge in [0.25, 0.3) is 5.91 Å². The quantitative estimate of drug-likeness (QED) is 0.799. The van der Waals surface area contributed by atoms with Crippen LogP contribution in [0.3, 0.4) is 0 Å². The normalized spacial score (nSPS) is 11.9. The minimum Gasteiger partial charge on any atom is -0.379 e. The predicted molar refractivity (Wildman–Crippen MR) is 88.6 cm³/mol. The van der Waals surface area contributed by atoms with Crippen molar-refractivity contribution in [1.82, 2.24) is 5.32 Å². The first-order chi connectivity index (χ1) is 12.0. The largest absolute Gasteiger partial charge is 0.405 e. The summed E-state index contributed by atoms with van der Waals surface area (Å²) >= 11 is 0. The molecule has 0 saturated heterocycles. The smallest absolute Gasteiger partial charge is 0.379 e. The zero-order valence-corrected chi connectivity index (χ0v) is 14.7. The van der Waals surface area contributed by atoms with Crippen molar-refractivity contribution in [3.63, 3.8) is 0 Å². The molecule has 0 fully saturated rings. The lowest BCUT2D eigenvalue weighted by Gasteiger charge is -2.11. The fraction of sp³-hybridized carbons (Fsp3) is 0.235. The van der Waals surface area contributed by atoms with Crippen molar-refractivity contribution in [1.29, 1.82) is 0 Å². The Labute approximate surface area is 148 Å². The van der Waals surface area contributed by atoms with Crippen LogP contribution in [0.5, 0.6) is 5.75 Å². The Hall–Kier alpha value is -2.55. The molecule has 2 rings (SSSR count). The van der Waals surface area contributed by atoms with Gasteiger partial charge in [-0.2, -0.15) is 21.6 Å². The molecule has 2 aromatic rings. The standard InChI is InChI=1S/C17H16F3NO4S/c1-11-3-4-12(2)15(9-11)25-26(23,24)14-7-5-13(6-8-14)16(22)21-10-17(18,19)20/h3-9H,10H2,1-2H3,(H,21,22). The highest BCUT2D eigenvalue weighted by Crippen LogP contribution is 2.24. The SMILES string of the molecule is Cc1ccc(C)c(OS(=O)(=O)c2ccc(C(=O)NCC(F)(F)F)cc2)c1. The highest BCUT2D eigenvalue weighted by atomic mass is 32.2. The number of halogens is 3. The second kappa shape index (κ2) is 7.36. The number of rotatable bonds is 5. The van der Waals surface area contributed by atoms with Gasteiger partial charge in [-0.1, -0.05) is 12.1 Å². The molecule has 0 spiro atoms. The van der Waals surface area contributed by atoms with E-state index in [0.717, 1.165) is 29.8 Å². The molecule has 0 radical (unpaired) electrons. The van der Waals surface area contributed by atoms with Crippen LogP contribution in [0.15, 0.2) is 47.4 Å². The minimum absolute atomic E-state index is 0.0973. The minimum atomic E-state index is -4.53. The van der Waals surface area contributed by atoms with Crippen molar-refractivity contribution in [3.05, 3.63) is 59.2 Å². The van der Waals surface area contributed by atoms with Crippen LogP contribution in [0.4, 0.5) is 13.2 Å². The van der Waals surface area contributed by atoms with E-state index in [2.05, 4.69) is 0 Å². The van der Waals surface area contributed by atoms with Crippen LogP contribution in [0.2, 0.25) is 0 Å². The van der Waals surface area contributed by atoms with E-state index in [1.165, 1.54) is 0 Å². The van der Waals surface area contributed by atoms with Crippen LogP contribution in [0.1, 0.15) is 21.5 Å². The number of carbonyl (C=O) groups is 1. The summed E-state index contributed by atoms with van der Waals surface area (Å²) in [6.07, 6.45) is -4.53. The molecule has 0 saturated carbocycles. The second-order valence-electron chi connectivity index (χ2n) is 5.63. The van der Waals surface area contributed by atoms with E-state index in [1.807, 2.05) is 6.07 Å². The van der Waals surface area contributed by atoms with Gasteiger partial charge in [0.1, 0.15) is 17.2 Å². The van der Waals surface area contributed by atoms with Crippen molar-refractivity contribution < 1.29 is 30.6 Å². The lowest BCUT2D eigenvalue weighted by molar-refractivity contribution is -0.123. The number of carbonyl (C=O) groups excluding carboxylic acids is 1. The molecule has 0 aliphatic heterocycles. The summed E-state index contributed by atoms with van der Waals surface area (Å²) in [4.78, 5) is 11.4. The fourth-order valence-corrected chi connectivity index (χ4v) is 3.00. The Bertz CT molecular complexity index is 907. The van der Waals surface area contributed by atoms with Gasteiger partial charge in [0.05, 0.1) is 0 Å². The van der Waals surface area contributed by atoms with Gasteiger partial charge >= 0.3 is 16.3 Å². The van der Waals surface area contributed by atoms with E-state index in [-0.39, 0.29) is 16.2 Å². The lowest BCUT2D eigenvalue weighted by Crippen LogP contribution is -2.33. The number of hydrogen-bond acceptors (Lipinski definition) is 4. The summed E-state index contributed by atoms with van der Waals surface area (Å²) in [5.74, 6) is -0.779. The Morgan fingerprint density at radius 2 is 1.69 bits per heavy atom. The van der Waals surface area contributed by atoms with Crippen LogP contribution < -0.4 is 9.50 Å². The first kappa shape index (κ1) is 19.8.